The Labute approximate surface area is 213 Å². The third-order valence-corrected chi connectivity index (χ3v) is 5.64. The van der Waals surface area contributed by atoms with Gasteiger partial charge in [0.15, 0.2) is 5.96 Å². The number of anilines is 1. The Bertz CT molecular complexity index is 1000. The lowest BCUT2D eigenvalue weighted by Crippen LogP contribution is -2.51. The number of carbonyl (C=O) groups is 1. The fraction of sp³-hybridized carbons (Fsp3) is 0.400. The molecule has 1 aliphatic rings. The van der Waals surface area contributed by atoms with Crippen LogP contribution >= 0.6 is 24.0 Å². The van der Waals surface area contributed by atoms with Gasteiger partial charge < -0.3 is 20.4 Å². The highest BCUT2D eigenvalue weighted by molar-refractivity contribution is 14.0. The lowest BCUT2D eigenvalue weighted by atomic mass is 10.0. The van der Waals surface area contributed by atoms with Crippen molar-refractivity contribution in [1.29, 1.82) is 5.26 Å². The van der Waals surface area contributed by atoms with Crippen molar-refractivity contribution in [1.82, 2.24) is 15.5 Å². The van der Waals surface area contributed by atoms with Gasteiger partial charge in [-0.25, -0.2) is 0 Å². The molecule has 2 aromatic rings. The van der Waals surface area contributed by atoms with Gasteiger partial charge >= 0.3 is 0 Å². The SMILES string of the molecule is CN=C(NCCc1cccc(C(=O)N(C)C)c1)NC1CCCN(c2ccccc2C#N)C1.I. The van der Waals surface area contributed by atoms with Crippen molar-refractivity contribution >= 4 is 41.5 Å². The van der Waals surface area contributed by atoms with E-state index in [0.717, 1.165) is 49.6 Å². The second-order valence-corrected chi connectivity index (χ2v) is 8.21. The number of halogens is 1. The molecule has 8 heteroatoms. The second-order valence-electron chi connectivity index (χ2n) is 8.21. The summed E-state index contributed by atoms with van der Waals surface area (Å²) >= 11 is 0. The lowest BCUT2D eigenvalue weighted by Gasteiger charge is -2.35. The van der Waals surface area contributed by atoms with Crippen LogP contribution in [0.4, 0.5) is 5.69 Å². The molecule has 0 aromatic heterocycles. The van der Waals surface area contributed by atoms with Crippen LogP contribution in [0.2, 0.25) is 0 Å². The van der Waals surface area contributed by atoms with Crippen LogP contribution < -0.4 is 15.5 Å². The summed E-state index contributed by atoms with van der Waals surface area (Å²) in [6, 6.07) is 18.1. The van der Waals surface area contributed by atoms with Gasteiger partial charge in [-0.2, -0.15) is 5.26 Å². The molecule has 0 spiro atoms. The van der Waals surface area contributed by atoms with Gasteiger partial charge in [0.2, 0.25) is 0 Å². The third kappa shape index (κ3) is 7.35. The zero-order chi connectivity index (χ0) is 22.9. The summed E-state index contributed by atoms with van der Waals surface area (Å²) in [6.07, 6.45) is 2.91. The van der Waals surface area contributed by atoms with Gasteiger partial charge in [0.1, 0.15) is 6.07 Å². The van der Waals surface area contributed by atoms with Crippen molar-refractivity contribution in [2.45, 2.75) is 25.3 Å². The minimum atomic E-state index is 0. The van der Waals surface area contributed by atoms with Gasteiger partial charge in [0, 0.05) is 52.4 Å². The highest BCUT2D eigenvalue weighted by Crippen LogP contribution is 2.23. The molecule has 1 fully saturated rings. The maximum Gasteiger partial charge on any atom is 0.253 e. The molecule has 1 heterocycles. The average Bonchev–Trinajstić information content (AvgIpc) is 2.83. The first-order chi connectivity index (χ1) is 15.5. The molecule has 1 saturated heterocycles. The molecule has 1 amide bonds. The van der Waals surface area contributed by atoms with Crippen LogP contribution in [-0.2, 0) is 6.42 Å². The molecule has 33 heavy (non-hydrogen) atoms. The number of piperidine rings is 1. The second kappa shape index (κ2) is 13.0. The Morgan fingerprint density at radius 3 is 2.76 bits per heavy atom. The zero-order valence-corrected chi connectivity index (χ0v) is 21.9. The first-order valence-electron chi connectivity index (χ1n) is 11.0. The Kier molecular flexibility index (Phi) is 10.5. The quantitative estimate of drug-likeness (QED) is 0.322. The predicted molar refractivity (Wildman–Crippen MR) is 144 cm³/mol. The molecule has 0 aliphatic carbocycles. The fourth-order valence-electron chi connectivity index (χ4n) is 3.99. The Balaban J connectivity index is 0.00000385. The molecule has 1 atom stereocenters. The van der Waals surface area contributed by atoms with E-state index in [1.807, 2.05) is 48.5 Å². The normalized spacial score (nSPS) is 15.8. The van der Waals surface area contributed by atoms with Crippen molar-refractivity contribution < 1.29 is 4.79 Å². The number of hydrogen-bond acceptors (Lipinski definition) is 4. The van der Waals surface area contributed by atoms with E-state index in [1.54, 1.807) is 26.0 Å². The number of amides is 1. The summed E-state index contributed by atoms with van der Waals surface area (Å²) in [5.41, 5.74) is 3.52. The molecule has 3 rings (SSSR count). The van der Waals surface area contributed by atoms with Crippen LogP contribution in [0.15, 0.2) is 53.5 Å². The van der Waals surface area contributed by atoms with E-state index in [0.29, 0.717) is 17.7 Å². The number of nitrogens with one attached hydrogen (secondary N) is 2. The summed E-state index contributed by atoms with van der Waals surface area (Å²) in [6.45, 7) is 2.49. The average molecular weight is 560 g/mol. The van der Waals surface area contributed by atoms with E-state index >= 15 is 0 Å². The standard InChI is InChI=1S/C25H32N6O.HI/c1-27-25(28-14-13-19-8-6-10-20(16-19)24(32)30(2)3)29-22-11-7-15-31(18-22)23-12-5-4-9-21(23)17-26;/h4-6,8-10,12,16,22H,7,11,13-15,18H2,1-3H3,(H2,27,28,29);1H. The zero-order valence-electron chi connectivity index (χ0n) is 19.5. The largest absolute Gasteiger partial charge is 0.368 e. The maximum absolute atomic E-state index is 12.2. The summed E-state index contributed by atoms with van der Waals surface area (Å²) in [7, 11) is 5.30. The molecule has 176 valence electrons. The number of carbonyl (C=O) groups excluding carboxylic acids is 1. The van der Waals surface area contributed by atoms with Crippen LogP contribution in [0, 0.1) is 11.3 Å². The third-order valence-electron chi connectivity index (χ3n) is 5.64. The molecule has 0 bridgehead atoms. The van der Waals surface area contributed by atoms with E-state index in [9.17, 15) is 10.1 Å². The van der Waals surface area contributed by atoms with E-state index < -0.39 is 0 Å². The molecule has 2 aromatic carbocycles. The fourth-order valence-corrected chi connectivity index (χ4v) is 3.99. The summed E-state index contributed by atoms with van der Waals surface area (Å²) < 4.78 is 0. The van der Waals surface area contributed by atoms with Gasteiger partial charge in [-0.3, -0.25) is 9.79 Å². The van der Waals surface area contributed by atoms with Crippen molar-refractivity contribution in [3.05, 3.63) is 65.2 Å². The number of para-hydroxylation sites is 1. The molecule has 0 saturated carbocycles. The number of nitriles is 1. The topological polar surface area (TPSA) is 83.8 Å². The van der Waals surface area contributed by atoms with E-state index in [-0.39, 0.29) is 35.9 Å². The van der Waals surface area contributed by atoms with Gasteiger partial charge in [-0.15, -0.1) is 24.0 Å². The van der Waals surface area contributed by atoms with Gasteiger partial charge in [-0.1, -0.05) is 24.3 Å². The number of nitrogens with zero attached hydrogens (tertiary/aromatic N) is 4. The lowest BCUT2D eigenvalue weighted by molar-refractivity contribution is 0.0827. The van der Waals surface area contributed by atoms with Crippen LogP contribution in [0.3, 0.4) is 0 Å². The van der Waals surface area contributed by atoms with Crippen LogP contribution in [-0.4, -0.2) is 63.6 Å². The van der Waals surface area contributed by atoms with Gasteiger partial charge in [0.05, 0.1) is 11.3 Å². The highest BCUT2D eigenvalue weighted by Gasteiger charge is 2.22. The Morgan fingerprint density at radius 1 is 1.24 bits per heavy atom. The summed E-state index contributed by atoms with van der Waals surface area (Å²) in [5, 5.41) is 16.3. The van der Waals surface area contributed by atoms with Crippen molar-refractivity contribution in [2.75, 3.05) is 45.7 Å². The molecule has 2 N–H and O–H groups in total. The van der Waals surface area contributed by atoms with Crippen LogP contribution in [0.25, 0.3) is 0 Å². The molecule has 1 aliphatic heterocycles. The molecular weight excluding hydrogens is 527 g/mol. The summed E-state index contributed by atoms with van der Waals surface area (Å²) in [4.78, 5) is 20.4. The molecule has 1 unspecified atom stereocenters. The number of hydrogen-bond donors (Lipinski definition) is 2. The number of benzene rings is 2. The van der Waals surface area contributed by atoms with Crippen molar-refractivity contribution in [2.24, 2.45) is 4.99 Å². The highest BCUT2D eigenvalue weighted by atomic mass is 127. The van der Waals surface area contributed by atoms with E-state index in [2.05, 4.69) is 26.6 Å². The monoisotopic (exact) mass is 560 g/mol. The van der Waals surface area contributed by atoms with Crippen molar-refractivity contribution in [3.63, 3.8) is 0 Å². The summed E-state index contributed by atoms with van der Waals surface area (Å²) in [5.74, 6) is 0.781. The molecular formula is C25H33IN6O. The first kappa shape index (κ1) is 26.5. The minimum Gasteiger partial charge on any atom is -0.368 e. The maximum atomic E-state index is 12.2. The van der Waals surface area contributed by atoms with Gasteiger partial charge in [-0.05, 0) is 49.1 Å². The van der Waals surface area contributed by atoms with Crippen molar-refractivity contribution in [3.8, 4) is 6.07 Å². The van der Waals surface area contributed by atoms with Gasteiger partial charge in [0.25, 0.3) is 5.91 Å². The van der Waals surface area contributed by atoms with Crippen LogP contribution in [0.5, 0.6) is 0 Å². The first-order valence-corrected chi connectivity index (χ1v) is 11.0. The predicted octanol–water partition coefficient (Wildman–Crippen LogP) is 3.25. The van der Waals surface area contributed by atoms with Crippen LogP contribution in [0.1, 0.15) is 34.3 Å². The Morgan fingerprint density at radius 2 is 2.03 bits per heavy atom. The van der Waals surface area contributed by atoms with E-state index in [1.165, 1.54) is 0 Å². The smallest absolute Gasteiger partial charge is 0.253 e. The van der Waals surface area contributed by atoms with E-state index in [4.69, 9.17) is 0 Å². The molecule has 7 nitrogen and oxygen atoms in total. The minimum absolute atomic E-state index is 0. The number of rotatable bonds is 6. The Hall–Kier alpha value is -2.80. The number of guanidine groups is 1. The number of aliphatic imine (C=N–C) groups is 1. The molecule has 0 radical (unpaired) electrons.